The third kappa shape index (κ3) is 3.37. The predicted molar refractivity (Wildman–Crippen MR) is 73.2 cm³/mol. The van der Waals surface area contributed by atoms with Gasteiger partial charge in [0, 0.05) is 12.2 Å². The number of aryl methyl sites for hydroxylation is 2. The molecule has 110 valence electrons. The Balaban J connectivity index is 1.86. The molecule has 0 unspecified atom stereocenters. The van der Waals surface area contributed by atoms with E-state index in [0.717, 1.165) is 30.7 Å². The van der Waals surface area contributed by atoms with Crippen molar-refractivity contribution in [1.82, 2.24) is 15.1 Å². The Bertz CT molecular complexity index is 518. The summed E-state index contributed by atoms with van der Waals surface area (Å²) in [5.74, 6) is -0.912. The van der Waals surface area contributed by atoms with Crippen LogP contribution in [-0.4, -0.2) is 33.3 Å². The van der Waals surface area contributed by atoms with E-state index in [-0.39, 0.29) is 24.3 Å². The molecule has 1 amide bonds. The largest absolute Gasteiger partial charge is 0.481 e. The minimum atomic E-state index is -0.794. The van der Waals surface area contributed by atoms with Crippen molar-refractivity contribution in [3.8, 4) is 0 Å². The van der Waals surface area contributed by atoms with E-state index in [0.29, 0.717) is 6.54 Å². The van der Waals surface area contributed by atoms with Gasteiger partial charge in [-0.15, -0.1) is 0 Å². The molecule has 0 saturated heterocycles. The van der Waals surface area contributed by atoms with Crippen LogP contribution in [0.1, 0.15) is 37.1 Å². The Morgan fingerprint density at radius 1 is 1.45 bits per heavy atom. The summed E-state index contributed by atoms with van der Waals surface area (Å²) in [5, 5.41) is 16.0. The number of hydrogen-bond donors (Lipinski definition) is 2. The molecule has 20 heavy (non-hydrogen) atoms. The maximum absolute atomic E-state index is 11.9. The minimum Gasteiger partial charge on any atom is -0.481 e. The molecule has 0 aliphatic heterocycles. The quantitative estimate of drug-likeness (QED) is 0.821. The van der Waals surface area contributed by atoms with E-state index < -0.39 is 5.97 Å². The van der Waals surface area contributed by atoms with Crippen LogP contribution in [0.3, 0.4) is 0 Å². The molecular formula is C14H21N3O3. The van der Waals surface area contributed by atoms with Crippen molar-refractivity contribution < 1.29 is 14.7 Å². The molecule has 1 heterocycles. The lowest BCUT2D eigenvalue weighted by molar-refractivity contribution is -0.141. The summed E-state index contributed by atoms with van der Waals surface area (Å²) in [5.41, 5.74) is 1.59. The SMILES string of the molecule is Cc1cc(C)n(CC(=O)NCC2(CC(=O)O)CCC2)n1. The summed E-state index contributed by atoms with van der Waals surface area (Å²) < 4.78 is 1.66. The third-order valence-corrected chi connectivity index (χ3v) is 4.00. The Morgan fingerprint density at radius 3 is 2.60 bits per heavy atom. The highest BCUT2D eigenvalue weighted by molar-refractivity contribution is 5.76. The second-order valence-corrected chi connectivity index (χ2v) is 5.79. The summed E-state index contributed by atoms with van der Waals surface area (Å²) in [7, 11) is 0. The van der Waals surface area contributed by atoms with Crippen LogP contribution in [0.4, 0.5) is 0 Å². The summed E-state index contributed by atoms with van der Waals surface area (Å²) >= 11 is 0. The van der Waals surface area contributed by atoms with Gasteiger partial charge in [0.05, 0.1) is 12.1 Å². The van der Waals surface area contributed by atoms with Crippen molar-refractivity contribution in [2.24, 2.45) is 5.41 Å². The number of nitrogens with zero attached hydrogens (tertiary/aromatic N) is 2. The van der Waals surface area contributed by atoms with Crippen molar-refractivity contribution in [2.75, 3.05) is 6.54 Å². The molecule has 1 saturated carbocycles. The molecule has 0 atom stereocenters. The number of carboxylic acid groups (broad SMARTS) is 1. The molecule has 0 radical (unpaired) electrons. The third-order valence-electron chi connectivity index (χ3n) is 4.00. The van der Waals surface area contributed by atoms with Gasteiger partial charge in [-0.1, -0.05) is 6.42 Å². The number of carbonyl (C=O) groups is 2. The fourth-order valence-electron chi connectivity index (χ4n) is 2.73. The van der Waals surface area contributed by atoms with Crippen LogP contribution >= 0.6 is 0 Å². The first-order chi connectivity index (χ1) is 9.40. The molecule has 1 aliphatic carbocycles. The number of rotatable bonds is 6. The summed E-state index contributed by atoms with van der Waals surface area (Å²) in [4.78, 5) is 22.8. The van der Waals surface area contributed by atoms with E-state index in [1.165, 1.54) is 0 Å². The molecule has 1 aliphatic rings. The van der Waals surface area contributed by atoms with Crippen LogP contribution in [0, 0.1) is 19.3 Å². The van der Waals surface area contributed by atoms with E-state index in [4.69, 9.17) is 5.11 Å². The molecule has 0 aromatic carbocycles. The number of carboxylic acids is 1. The monoisotopic (exact) mass is 279 g/mol. The molecule has 2 rings (SSSR count). The second-order valence-electron chi connectivity index (χ2n) is 5.79. The topological polar surface area (TPSA) is 84.2 Å². The molecular weight excluding hydrogens is 258 g/mol. The van der Waals surface area contributed by atoms with Crippen molar-refractivity contribution in [3.63, 3.8) is 0 Å². The second kappa shape index (κ2) is 5.64. The molecule has 1 aromatic heterocycles. The fraction of sp³-hybridized carbons (Fsp3) is 0.643. The van der Waals surface area contributed by atoms with Crippen LogP contribution < -0.4 is 5.32 Å². The Kier molecular flexibility index (Phi) is 4.11. The van der Waals surface area contributed by atoms with Crippen LogP contribution in [-0.2, 0) is 16.1 Å². The number of amides is 1. The van der Waals surface area contributed by atoms with Gasteiger partial charge in [-0.25, -0.2) is 0 Å². The predicted octanol–water partition coefficient (Wildman–Crippen LogP) is 1.26. The standard InChI is InChI=1S/C14H21N3O3/c1-10-6-11(2)17(16-10)8-12(18)15-9-14(4-3-5-14)7-13(19)20/h6H,3-5,7-9H2,1-2H3,(H,15,18)(H,19,20). The minimum absolute atomic E-state index is 0.118. The number of aromatic nitrogens is 2. The zero-order chi connectivity index (χ0) is 14.8. The van der Waals surface area contributed by atoms with Gasteiger partial charge in [-0.3, -0.25) is 14.3 Å². The Morgan fingerprint density at radius 2 is 2.15 bits per heavy atom. The lowest BCUT2D eigenvalue weighted by Crippen LogP contribution is -2.44. The van der Waals surface area contributed by atoms with Gasteiger partial charge >= 0.3 is 5.97 Å². The van der Waals surface area contributed by atoms with Crippen LogP contribution in [0.5, 0.6) is 0 Å². The van der Waals surface area contributed by atoms with Gasteiger partial charge < -0.3 is 10.4 Å². The van der Waals surface area contributed by atoms with E-state index in [9.17, 15) is 9.59 Å². The average Bonchev–Trinajstić information content (AvgIpc) is 2.60. The highest BCUT2D eigenvalue weighted by Gasteiger charge is 2.39. The molecule has 1 aromatic rings. The molecule has 6 heteroatoms. The van der Waals surface area contributed by atoms with Crippen LogP contribution in [0.15, 0.2) is 6.07 Å². The fourth-order valence-corrected chi connectivity index (χ4v) is 2.73. The number of aliphatic carboxylic acids is 1. The lowest BCUT2D eigenvalue weighted by Gasteiger charge is -2.40. The lowest BCUT2D eigenvalue weighted by atomic mass is 9.66. The maximum atomic E-state index is 11.9. The summed E-state index contributed by atoms with van der Waals surface area (Å²) in [6, 6.07) is 1.92. The average molecular weight is 279 g/mol. The smallest absolute Gasteiger partial charge is 0.303 e. The highest BCUT2D eigenvalue weighted by Crippen LogP contribution is 2.43. The summed E-state index contributed by atoms with van der Waals surface area (Å²) in [6.07, 6.45) is 2.92. The number of hydrogen-bond acceptors (Lipinski definition) is 3. The molecule has 6 nitrogen and oxygen atoms in total. The van der Waals surface area contributed by atoms with Crippen LogP contribution in [0.25, 0.3) is 0 Å². The maximum Gasteiger partial charge on any atom is 0.303 e. The zero-order valence-electron chi connectivity index (χ0n) is 12.0. The molecule has 2 N–H and O–H groups in total. The number of carbonyl (C=O) groups excluding carboxylic acids is 1. The van der Waals surface area contributed by atoms with Gasteiger partial charge in [-0.2, -0.15) is 5.10 Å². The molecule has 0 bridgehead atoms. The van der Waals surface area contributed by atoms with Crippen molar-refractivity contribution in [3.05, 3.63) is 17.5 Å². The van der Waals surface area contributed by atoms with E-state index in [2.05, 4.69) is 10.4 Å². The first-order valence-corrected chi connectivity index (χ1v) is 6.90. The van der Waals surface area contributed by atoms with Crippen LogP contribution in [0.2, 0.25) is 0 Å². The van der Waals surface area contributed by atoms with Crippen molar-refractivity contribution in [2.45, 2.75) is 46.1 Å². The van der Waals surface area contributed by atoms with Gasteiger partial charge in [-0.05, 0) is 38.2 Å². The zero-order valence-corrected chi connectivity index (χ0v) is 12.0. The van der Waals surface area contributed by atoms with E-state index >= 15 is 0 Å². The van der Waals surface area contributed by atoms with Gasteiger partial charge in [0.25, 0.3) is 0 Å². The van der Waals surface area contributed by atoms with Gasteiger partial charge in [0.2, 0.25) is 5.91 Å². The normalized spacial score (nSPS) is 16.5. The van der Waals surface area contributed by atoms with Gasteiger partial charge in [0.15, 0.2) is 0 Å². The van der Waals surface area contributed by atoms with Gasteiger partial charge in [0.1, 0.15) is 6.54 Å². The molecule has 1 fully saturated rings. The Hall–Kier alpha value is -1.85. The van der Waals surface area contributed by atoms with E-state index in [1.807, 2.05) is 19.9 Å². The van der Waals surface area contributed by atoms with E-state index in [1.54, 1.807) is 4.68 Å². The first kappa shape index (κ1) is 14.6. The molecule has 0 spiro atoms. The van der Waals surface area contributed by atoms with Crippen molar-refractivity contribution in [1.29, 1.82) is 0 Å². The first-order valence-electron chi connectivity index (χ1n) is 6.90. The van der Waals surface area contributed by atoms with Crippen molar-refractivity contribution >= 4 is 11.9 Å². The Labute approximate surface area is 118 Å². The number of nitrogens with one attached hydrogen (secondary N) is 1. The highest BCUT2D eigenvalue weighted by atomic mass is 16.4. The summed E-state index contributed by atoms with van der Waals surface area (Å²) in [6.45, 7) is 4.42.